The third-order valence-corrected chi connectivity index (χ3v) is 2.63. The Bertz CT molecular complexity index is 310. The molecule has 0 spiro atoms. The maximum absolute atomic E-state index is 11.5. The second kappa shape index (κ2) is 5.77. The van der Waals surface area contributed by atoms with Crippen molar-refractivity contribution in [3.8, 4) is 0 Å². The summed E-state index contributed by atoms with van der Waals surface area (Å²) in [5, 5.41) is 6.54. The molecule has 1 amide bonds. The Balaban J connectivity index is 2.31. The zero-order chi connectivity index (χ0) is 12.9. The molecule has 1 saturated carbocycles. The minimum atomic E-state index is -0.466. The highest BCUT2D eigenvalue weighted by Gasteiger charge is 2.23. The average Bonchev–Trinajstić information content (AvgIpc) is 2.18. The summed E-state index contributed by atoms with van der Waals surface area (Å²) in [6.45, 7) is 5.52. The van der Waals surface area contributed by atoms with Gasteiger partial charge in [-0.05, 0) is 52.0 Å². The van der Waals surface area contributed by atoms with Crippen molar-refractivity contribution in [3.05, 3.63) is 10.4 Å². The molecular weight excluding hydrogens is 220 g/mol. The highest BCUT2D eigenvalue weighted by atomic mass is 16.6. The fourth-order valence-corrected chi connectivity index (χ4v) is 1.88. The number of azide groups is 1. The molecule has 0 heterocycles. The number of carbonyl (C=O) groups excluding carboxylic acids is 1. The van der Waals surface area contributed by atoms with Crippen molar-refractivity contribution in [2.24, 2.45) is 5.11 Å². The molecule has 0 bridgehead atoms. The number of carbonyl (C=O) groups is 1. The number of hydrogen-bond acceptors (Lipinski definition) is 3. The molecule has 1 fully saturated rings. The molecular formula is C11H20N4O2. The number of alkyl carbamates (subject to hydrolysis) is 1. The zero-order valence-corrected chi connectivity index (χ0v) is 10.6. The summed E-state index contributed by atoms with van der Waals surface area (Å²) in [5.41, 5.74) is 7.86. The lowest BCUT2D eigenvalue weighted by Gasteiger charge is -2.28. The normalized spacial score (nSPS) is 24.6. The highest BCUT2D eigenvalue weighted by molar-refractivity contribution is 5.68. The van der Waals surface area contributed by atoms with E-state index in [-0.39, 0.29) is 18.2 Å². The summed E-state index contributed by atoms with van der Waals surface area (Å²) in [4.78, 5) is 14.3. The Kier molecular flexibility index (Phi) is 4.63. The van der Waals surface area contributed by atoms with Crippen molar-refractivity contribution in [2.75, 3.05) is 0 Å². The molecule has 17 heavy (non-hydrogen) atoms. The molecule has 0 saturated heterocycles. The second-order valence-electron chi connectivity index (χ2n) is 5.36. The largest absolute Gasteiger partial charge is 0.444 e. The first-order chi connectivity index (χ1) is 7.90. The first kappa shape index (κ1) is 13.6. The van der Waals surface area contributed by atoms with Crippen molar-refractivity contribution in [3.63, 3.8) is 0 Å². The predicted octanol–water partition coefficient (Wildman–Crippen LogP) is 3.13. The van der Waals surface area contributed by atoms with Gasteiger partial charge in [0.25, 0.3) is 0 Å². The molecule has 1 aliphatic carbocycles. The van der Waals surface area contributed by atoms with Crippen molar-refractivity contribution < 1.29 is 9.53 Å². The number of rotatable bonds is 2. The van der Waals surface area contributed by atoms with Crippen molar-refractivity contribution in [1.82, 2.24) is 5.32 Å². The summed E-state index contributed by atoms with van der Waals surface area (Å²) in [6, 6.07) is 0.215. The molecule has 1 rings (SSSR count). The molecule has 0 aromatic carbocycles. The fourth-order valence-electron chi connectivity index (χ4n) is 1.88. The molecule has 96 valence electrons. The summed E-state index contributed by atoms with van der Waals surface area (Å²) in [6.07, 6.45) is 2.95. The Morgan fingerprint density at radius 2 is 1.94 bits per heavy atom. The van der Waals surface area contributed by atoms with E-state index in [1.165, 1.54) is 0 Å². The minimum absolute atomic E-state index is 0.0803. The average molecular weight is 240 g/mol. The molecule has 0 aromatic rings. The van der Waals surface area contributed by atoms with Gasteiger partial charge >= 0.3 is 6.09 Å². The third-order valence-electron chi connectivity index (χ3n) is 2.63. The van der Waals surface area contributed by atoms with E-state index in [9.17, 15) is 4.79 Å². The van der Waals surface area contributed by atoms with E-state index >= 15 is 0 Å². The van der Waals surface area contributed by atoms with E-state index in [1.54, 1.807) is 0 Å². The number of ether oxygens (including phenoxy) is 1. The van der Waals surface area contributed by atoms with E-state index in [0.29, 0.717) is 0 Å². The molecule has 0 unspecified atom stereocenters. The molecule has 1 aliphatic rings. The zero-order valence-electron chi connectivity index (χ0n) is 10.6. The van der Waals surface area contributed by atoms with Gasteiger partial charge in [0.05, 0.1) is 0 Å². The first-order valence-corrected chi connectivity index (χ1v) is 5.94. The predicted molar refractivity (Wildman–Crippen MR) is 64.6 cm³/mol. The van der Waals surface area contributed by atoms with Crippen LogP contribution in [0, 0.1) is 0 Å². The van der Waals surface area contributed by atoms with Gasteiger partial charge in [-0.1, -0.05) is 5.11 Å². The molecule has 0 aromatic heterocycles. The van der Waals surface area contributed by atoms with Crippen LogP contribution in [0.15, 0.2) is 5.11 Å². The maximum atomic E-state index is 11.5. The number of amides is 1. The standard InChI is InChI=1S/C11H20N4O2/c1-11(2,3)17-10(16)13-8-4-6-9(7-5-8)14-15-12/h8-9H,4-7H2,1-3H3,(H,13,16)/t8-,9-. The maximum Gasteiger partial charge on any atom is 0.407 e. The third kappa shape index (κ3) is 5.45. The Morgan fingerprint density at radius 1 is 1.35 bits per heavy atom. The van der Waals surface area contributed by atoms with Crippen LogP contribution < -0.4 is 5.32 Å². The summed E-state index contributed by atoms with van der Waals surface area (Å²) < 4.78 is 5.18. The lowest BCUT2D eigenvalue weighted by atomic mass is 9.92. The number of hydrogen-bond donors (Lipinski definition) is 1. The molecule has 0 atom stereocenters. The van der Waals surface area contributed by atoms with Crippen LogP contribution in [0.5, 0.6) is 0 Å². The fraction of sp³-hybridized carbons (Fsp3) is 0.909. The summed E-state index contributed by atoms with van der Waals surface area (Å²) >= 11 is 0. The first-order valence-electron chi connectivity index (χ1n) is 5.94. The van der Waals surface area contributed by atoms with Crippen LogP contribution in [0.1, 0.15) is 46.5 Å². The monoisotopic (exact) mass is 240 g/mol. The molecule has 0 aliphatic heterocycles. The van der Waals surface area contributed by atoms with Gasteiger partial charge in [-0.25, -0.2) is 4.79 Å². The highest BCUT2D eigenvalue weighted by Crippen LogP contribution is 2.21. The smallest absolute Gasteiger partial charge is 0.407 e. The van der Waals surface area contributed by atoms with Crippen LogP contribution in [0.4, 0.5) is 4.79 Å². The van der Waals surface area contributed by atoms with Gasteiger partial charge in [0.2, 0.25) is 0 Å². The van der Waals surface area contributed by atoms with Gasteiger partial charge in [-0.3, -0.25) is 0 Å². The van der Waals surface area contributed by atoms with Gasteiger partial charge in [0.1, 0.15) is 5.60 Å². The van der Waals surface area contributed by atoms with Crippen molar-refractivity contribution >= 4 is 6.09 Å². The van der Waals surface area contributed by atoms with Gasteiger partial charge < -0.3 is 10.1 Å². The minimum Gasteiger partial charge on any atom is -0.444 e. The van der Waals surface area contributed by atoms with Crippen LogP contribution in [0.3, 0.4) is 0 Å². The molecule has 0 radical (unpaired) electrons. The van der Waals surface area contributed by atoms with Crippen molar-refractivity contribution in [2.45, 2.75) is 64.1 Å². The van der Waals surface area contributed by atoms with Crippen LogP contribution >= 0.6 is 0 Å². The molecule has 6 nitrogen and oxygen atoms in total. The lowest BCUT2D eigenvalue weighted by molar-refractivity contribution is 0.0491. The molecule has 1 N–H and O–H groups in total. The topological polar surface area (TPSA) is 87.1 Å². The van der Waals surface area contributed by atoms with Crippen LogP contribution in [0.25, 0.3) is 10.4 Å². The second-order valence-corrected chi connectivity index (χ2v) is 5.36. The van der Waals surface area contributed by atoms with Crippen LogP contribution in [0.2, 0.25) is 0 Å². The Hall–Kier alpha value is -1.42. The van der Waals surface area contributed by atoms with E-state index < -0.39 is 5.60 Å². The van der Waals surface area contributed by atoms with E-state index in [0.717, 1.165) is 25.7 Å². The van der Waals surface area contributed by atoms with E-state index in [4.69, 9.17) is 10.3 Å². The summed E-state index contributed by atoms with van der Waals surface area (Å²) in [5.74, 6) is 0. The number of nitrogens with zero attached hydrogens (tertiary/aromatic N) is 3. The lowest BCUT2D eigenvalue weighted by Crippen LogP contribution is -2.41. The Labute approximate surface area is 101 Å². The van der Waals surface area contributed by atoms with E-state index in [1.807, 2.05) is 20.8 Å². The Morgan fingerprint density at radius 3 is 2.41 bits per heavy atom. The van der Waals surface area contributed by atoms with Gasteiger partial charge in [0.15, 0.2) is 0 Å². The van der Waals surface area contributed by atoms with Gasteiger partial charge in [-0.2, -0.15) is 0 Å². The molecule has 6 heteroatoms. The summed E-state index contributed by atoms with van der Waals surface area (Å²) in [7, 11) is 0. The quantitative estimate of drug-likeness (QED) is 0.456. The van der Waals surface area contributed by atoms with Crippen molar-refractivity contribution in [1.29, 1.82) is 0 Å². The van der Waals surface area contributed by atoms with E-state index in [2.05, 4.69) is 15.3 Å². The van der Waals surface area contributed by atoms with Crippen LogP contribution in [-0.2, 0) is 4.74 Å². The van der Waals surface area contributed by atoms with Crippen LogP contribution in [-0.4, -0.2) is 23.8 Å². The van der Waals surface area contributed by atoms with Gasteiger partial charge in [0, 0.05) is 17.0 Å². The number of nitrogens with one attached hydrogen (secondary N) is 1. The SMILES string of the molecule is CC(C)(C)OC(=O)N[C@H]1CC[C@H](N=[N+]=[N-])CC1. The van der Waals surface area contributed by atoms with Gasteiger partial charge in [-0.15, -0.1) is 0 Å².